The lowest BCUT2D eigenvalue weighted by molar-refractivity contribution is -0.127. The largest absolute Gasteiger partial charge is 0.340 e. The quantitative estimate of drug-likeness (QED) is 0.838. The molecule has 0 atom stereocenters. The highest BCUT2D eigenvalue weighted by Crippen LogP contribution is 2.22. The minimum atomic E-state index is -3.27. The highest BCUT2D eigenvalue weighted by Gasteiger charge is 2.15. The lowest BCUT2D eigenvalue weighted by Crippen LogP contribution is -2.31. The maximum Gasteiger partial charge on any atom is 0.237 e. The molecular formula is C9H12ClNO3S2. The van der Waals surface area contributed by atoms with E-state index in [1.165, 1.54) is 16.2 Å². The fourth-order valence-electron chi connectivity index (χ4n) is 1.09. The number of thiophene rings is 1. The summed E-state index contributed by atoms with van der Waals surface area (Å²) < 4.78 is 22.5. The van der Waals surface area contributed by atoms with Gasteiger partial charge in [0.25, 0.3) is 0 Å². The van der Waals surface area contributed by atoms with Crippen molar-refractivity contribution in [2.75, 3.05) is 19.1 Å². The Morgan fingerprint density at radius 3 is 2.56 bits per heavy atom. The normalized spacial score (nSPS) is 11.4. The molecule has 0 saturated carbocycles. The number of carbonyl (C=O) groups excluding carboxylic acids is 1. The van der Waals surface area contributed by atoms with E-state index in [0.717, 1.165) is 11.1 Å². The van der Waals surface area contributed by atoms with Gasteiger partial charge >= 0.3 is 0 Å². The number of carbonyl (C=O) groups is 1. The van der Waals surface area contributed by atoms with Crippen LogP contribution in [-0.2, 0) is 21.2 Å². The van der Waals surface area contributed by atoms with Crippen molar-refractivity contribution in [3.8, 4) is 0 Å². The maximum absolute atomic E-state index is 11.5. The molecule has 16 heavy (non-hydrogen) atoms. The molecule has 0 spiro atoms. The molecule has 1 amide bonds. The van der Waals surface area contributed by atoms with Gasteiger partial charge < -0.3 is 4.90 Å². The summed E-state index contributed by atoms with van der Waals surface area (Å²) >= 11 is 7.12. The first kappa shape index (κ1) is 13.5. The van der Waals surface area contributed by atoms with Crippen LogP contribution in [0.3, 0.4) is 0 Å². The molecule has 0 saturated heterocycles. The number of amides is 1. The minimum Gasteiger partial charge on any atom is -0.340 e. The van der Waals surface area contributed by atoms with Crippen molar-refractivity contribution >= 4 is 38.7 Å². The van der Waals surface area contributed by atoms with Gasteiger partial charge in [-0.2, -0.15) is 0 Å². The molecule has 0 N–H and O–H groups in total. The summed E-state index contributed by atoms with van der Waals surface area (Å²) in [6.07, 6.45) is 1.04. The molecule has 1 aromatic heterocycles. The fraction of sp³-hybridized carbons (Fsp3) is 0.444. The van der Waals surface area contributed by atoms with Crippen LogP contribution >= 0.6 is 22.9 Å². The molecule has 0 radical (unpaired) electrons. The second-order valence-electron chi connectivity index (χ2n) is 3.53. The molecule has 0 aliphatic rings. The predicted molar refractivity (Wildman–Crippen MR) is 65.5 cm³/mol. The summed E-state index contributed by atoms with van der Waals surface area (Å²) in [7, 11) is -1.70. The highest BCUT2D eigenvalue weighted by molar-refractivity contribution is 7.91. The molecule has 0 aliphatic carbocycles. The Morgan fingerprint density at radius 1 is 1.50 bits per heavy atom. The number of rotatable bonds is 4. The zero-order valence-electron chi connectivity index (χ0n) is 8.94. The van der Waals surface area contributed by atoms with E-state index in [9.17, 15) is 13.2 Å². The molecular weight excluding hydrogens is 270 g/mol. The zero-order valence-corrected chi connectivity index (χ0v) is 11.3. The molecule has 1 heterocycles. The van der Waals surface area contributed by atoms with E-state index in [2.05, 4.69) is 0 Å². The maximum atomic E-state index is 11.5. The molecule has 4 nitrogen and oxygen atoms in total. The zero-order chi connectivity index (χ0) is 12.3. The van der Waals surface area contributed by atoms with Crippen molar-refractivity contribution in [1.29, 1.82) is 0 Å². The van der Waals surface area contributed by atoms with Gasteiger partial charge in [-0.25, -0.2) is 8.42 Å². The minimum absolute atomic E-state index is 0.381. The number of nitrogens with zero attached hydrogens (tertiary/aromatic N) is 1. The third-order valence-corrected chi connectivity index (χ3v) is 3.82. The van der Waals surface area contributed by atoms with Crippen LogP contribution in [0.1, 0.15) is 4.88 Å². The monoisotopic (exact) mass is 281 g/mol. The Labute approximate surface area is 104 Å². The highest BCUT2D eigenvalue weighted by atomic mass is 35.5. The van der Waals surface area contributed by atoms with Gasteiger partial charge in [-0.3, -0.25) is 4.79 Å². The standard InChI is InChI=1S/C9H12ClNO3S2/c1-11(9(12)6-16(2,13)14)5-7-3-4-8(10)15-7/h3-4H,5-6H2,1-2H3. The van der Waals surface area contributed by atoms with Gasteiger partial charge in [-0.15, -0.1) is 11.3 Å². The Balaban J connectivity index is 2.59. The summed E-state index contributed by atoms with van der Waals surface area (Å²) in [4.78, 5) is 13.8. The lowest BCUT2D eigenvalue weighted by Gasteiger charge is -2.15. The van der Waals surface area contributed by atoms with E-state index < -0.39 is 21.5 Å². The van der Waals surface area contributed by atoms with Crippen molar-refractivity contribution in [3.63, 3.8) is 0 Å². The second-order valence-corrected chi connectivity index (χ2v) is 7.47. The Hall–Kier alpha value is -0.590. The average molecular weight is 282 g/mol. The Morgan fingerprint density at radius 2 is 2.12 bits per heavy atom. The van der Waals surface area contributed by atoms with Gasteiger partial charge in [0.1, 0.15) is 5.75 Å². The van der Waals surface area contributed by atoms with Crippen molar-refractivity contribution in [3.05, 3.63) is 21.3 Å². The molecule has 0 aromatic carbocycles. The first-order valence-corrected chi connectivity index (χ1v) is 7.69. The van der Waals surface area contributed by atoms with E-state index in [1.807, 2.05) is 6.07 Å². The molecule has 0 aliphatic heterocycles. The SMILES string of the molecule is CN(Cc1ccc(Cl)s1)C(=O)CS(C)(=O)=O. The van der Waals surface area contributed by atoms with E-state index in [4.69, 9.17) is 11.6 Å². The van der Waals surface area contributed by atoms with Gasteiger partial charge in [0.05, 0.1) is 10.9 Å². The number of sulfone groups is 1. The Bertz CT molecular complexity index is 481. The molecule has 0 unspecified atom stereocenters. The predicted octanol–water partition coefficient (Wildman–Crippen LogP) is 1.40. The summed E-state index contributed by atoms with van der Waals surface area (Å²) in [6.45, 7) is 0.381. The first-order valence-electron chi connectivity index (χ1n) is 4.44. The summed E-state index contributed by atoms with van der Waals surface area (Å²) in [6, 6.07) is 3.56. The number of hydrogen-bond acceptors (Lipinski definition) is 4. The van der Waals surface area contributed by atoms with Crippen LogP contribution < -0.4 is 0 Å². The van der Waals surface area contributed by atoms with E-state index in [1.54, 1.807) is 13.1 Å². The van der Waals surface area contributed by atoms with Crippen LogP contribution in [0.2, 0.25) is 4.34 Å². The van der Waals surface area contributed by atoms with Gasteiger partial charge in [-0.05, 0) is 12.1 Å². The van der Waals surface area contributed by atoms with Crippen molar-refractivity contribution in [2.24, 2.45) is 0 Å². The van der Waals surface area contributed by atoms with Crippen LogP contribution in [-0.4, -0.2) is 38.3 Å². The topological polar surface area (TPSA) is 54.5 Å². The van der Waals surface area contributed by atoms with Crippen molar-refractivity contribution in [1.82, 2.24) is 4.90 Å². The van der Waals surface area contributed by atoms with Gasteiger partial charge in [0, 0.05) is 18.2 Å². The molecule has 7 heteroatoms. The van der Waals surface area contributed by atoms with Crippen LogP contribution in [0, 0.1) is 0 Å². The van der Waals surface area contributed by atoms with Crippen LogP contribution in [0.4, 0.5) is 0 Å². The lowest BCUT2D eigenvalue weighted by atomic mass is 10.4. The van der Waals surface area contributed by atoms with Crippen molar-refractivity contribution in [2.45, 2.75) is 6.54 Å². The fourth-order valence-corrected chi connectivity index (χ4v) is 2.90. The van der Waals surface area contributed by atoms with Crippen LogP contribution in [0.25, 0.3) is 0 Å². The van der Waals surface area contributed by atoms with E-state index in [-0.39, 0.29) is 0 Å². The smallest absolute Gasteiger partial charge is 0.237 e. The molecule has 1 aromatic rings. The molecule has 1 rings (SSSR count). The molecule has 0 bridgehead atoms. The van der Waals surface area contributed by atoms with Crippen molar-refractivity contribution < 1.29 is 13.2 Å². The van der Waals surface area contributed by atoms with E-state index >= 15 is 0 Å². The van der Waals surface area contributed by atoms with E-state index in [0.29, 0.717) is 10.9 Å². The number of halogens is 1. The molecule has 0 fully saturated rings. The van der Waals surface area contributed by atoms with Gasteiger partial charge in [0.2, 0.25) is 5.91 Å². The Kier molecular flexibility index (Phi) is 4.35. The first-order chi connectivity index (χ1) is 7.28. The second kappa shape index (κ2) is 5.16. The number of hydrogen-bond donors (Lipinski definition) is 0. The summed E-state index contributed by atoms with van der Waals surface area (Å²) in [5.74, 6) is -0.866. The third-order valence-electron chi connectivity index (χ3n) is 1.83. The third kappa shape index (κ3) is 4.51. The average Bonchev–Trinajstić information content (AvgIpc) is 2.48. The van der Waals surface area contributed by atoms with Gasteiger partial charge in [-0.1, -0.05) is 11.6 Å². The van der Waals surface area contributed by atoms with Gasteiger partial charge in [0.15, 0.2) is 9.84 Å². The van der Waals surface area contributed by atoms with Crippen LogP contribution in [0.5, 0.6) is 0 Å². The summed E-state index contributed by atoms with van der Waals surface area (Å²) in [5.41, 5.74) is 0. The van der Waals surface area contributed by atoms with Crippen LogP contribution in [0.15, 0.2) is 12.1 Å². The summed E-state index contributed by atoms with van der Waals surface area (Å²) in [5, 5.41) is 0. The molecule has 90 valence electrons.